The van der Waals surface area contributed by atoms with Crippen LogP contribution in [-0.4, -0.2) is 6.54 Å². The largest absolute Gasteiger partial charge is 0.472 e. The fourth-order valence-electron chi connectivity index (χ4n) is 1.51. The summed E-state index contributed by atoms with van der Waals surface area (Å²) in [6, 6.07) is 2.43. The fraction of sp³-hybridized carbons (Fsp3) is 0.667. The molecule has 2 heteroatoms. The van der Waals surface area contributed by atoms with Gasteiger partial charge < -0.3 is 9.73 Å². The Morgan fingerprint density at radius 2 is 2.21 bits per heavy atom. The lowest BCUT2D eigenvalue weighted by Gasteiger charge is -2.11. The first-order valence-electron chi connectivity index (χ1n) is 5.60. The SMILES string of the molecule is CCCCCCNC(C)c1ccoc1. The van der Waals surface area contributed by atoms with Crippen molar-refractivity contribution >= 4 is 0 Å². The predicted molar refractivity (Wildman–Crippen MR) is 59.3 cm³/mol. The molecule has 1 N–H and O–H groups in total. The maximum Gasteiger partial charge on any atom is 0.0950 e. The molecule has 0 spiro atoms. The van der Waals surface area contributed by atoms with Crippen LogP contribution in [-0.2, 0) is 0 Å². The number of rotatable bonds is 7. The van der Waals surface area contributed by atoms with Gasteiger partial charge in [0.15, 0.2) is 0 Å². The molecule has 1 aromatic heterocycles. The Balaban J connectivity index is 2.07. The number of furan rings is 1. The smallest absolute Gasteiger partial charge is 0.0950 e. The number of hydrogen-bond acceptors (Lipinski definition) is 2. The topological polar surface area (TPSA) is 25.2 Å². The van der Waals surface area contributed by atoms with Crippen LogP contribution >= 0.6 is 0 Å². The molecule has 0 radical (unpaired) electrons. The molecule has 14 heavy (non-hydrogen) atoms. The molecule has 1 heterocycles. The Morgan fingerprint density at radius 3 is 2.86 bits per heavy atom. The van der Waals surface area contributed by atoms with Crippen molar-refractivity contribution in [1.29, 1.82) is 0 Å². The van der Waals surface area contributed by atoms with Gasteiger partial charge in [-0.05, 0) is 26.0 Å². The van der Waals surface area contributed by atoms with E-state index in [0.29, 0.717) is 6.04 Å². The van der Waals surface area contributed by atoms with Crippen molar-refractivity contribution in [3.8, 4) is 0 Å². The average molecular weight is 195 g/mol. The zero-order valence-electron chi connectivity index (χ0n) is 9.25. The lowest BCUT2D eigenvalue weighted by atomic mass is 10.1. The van der Waals surface area contributed by atoms with Crippen LogP contribution < -0.4 is 5.32 Å². The molecule has 0 saturated heterocycles. The fourth-order valence-corrected chi connectivity index (χ4v) is 1.51. The molecule has 0 aliphatic carbocycles. The van der Waals surface area contributed by atoms with Crippen molar-refractivity contribution in [3.63, 3.8) is 0 Å². The Bertz CT molecular complexity index is 218. The van der Waals surface area contributed by atoms with Crippen LogP contribution in [0.4, 0.5) is 0 Å². The van der Waals surface area contributed by atoms with Gasteiger partial charge in [-0.1, -0.05) is 26.2 Å². The predicted octanol–water partition coefficient (Wildman–Crippen LogP) is 3.51. The summed E-state index contributed by atoms with van der Waals surface area (Å²) in [5.41, 5.74) is 1.24. The van der Waals surface area contributed by atoms with E-state index in [9.17, 15) is 0 Å². The summed E-state index contributed by atoms with van der Waals surface area (Å²) >= 11 is 0. The van der Waals surface area contributed by atoms with Crippen LogP contribution in [0, 0.1) is 0 Å². The van der Waals surface area contributed by atoms with E-state index in [1.165, 1.54) is 31.2 Å². The third-order valence-corrected chi connectivity index (χ3v) is 2.52. The van der Waals surface area contributed by atoms with E-state index in [1.54, 1.807) is 6.26 Å². The van der Waals surface area contributed by atoms with Crippen molar-refractivity contribution in [2.24, 2.45) is 0 Å². The van der Waals surface area contributed by atoms with Gasteiger partial charge in [0.2, 0.25) is 0 Å². The average Bonchev–Trinajstić information content (AvgIpc) is 2.70. The van der Waals surface area contributed by atoms with Crippen LogP contribution in [0.2, 0.25) is 0 Å². The summed E-state index contributed by atoms with van der Waals surface area (Å²) in [6.07, 6.45) is 8.80. The van der Waals surface area contributed by atoms with E-state index in [1.807, 2.05) is 12.3 Å². The van der Waals surface area contributed by atoms with Gasteiger partial charge in [0.1, 0.15) is 0 Å². The van der Waals surface area contributed by atoms with Gasteiger partial charge in [0, 0.05) is 11.6 Å². The van der Waals surface area contributed by atoms with Crippen LogP contribution in [0.3, 0.4) is 0 Å². The summed E-state index contributed by atoms with van der Waals surface area (Å²) in [4.78, 5) is 0. The lowest BCUT2D eigenvalue weighted by Crippen LogP contribution is -2.19. The monoisotopic (exact) mass is 195 g/mol. The van der Waals surface area contributed by atoms with Crippen molar-refractivity contribution in [2.45, 2.75) is 45.6 Å². The molecule has 0 aliphatic heterocycles. The van der Waals surface area contributed by atoms with E-state index in [4.69, 9.17) is 4.42 Å². The zero-order valence-corrected chi connectivity index (χ0v) is 9.25. The first-order chi connectivity index (χ1) is 6.84. The van der Waals surface area contributed by atoms with E-state index in [0.717, 1.165) is 6.54 Å². The standard InChI is InChI=1S/C12H21NO/c1-3-4-5-6-8-13-11(2)12-7-9-14-10-12/h7,9-11,13H,3-6,8H2,1-2H3. The second-order valence-electron chi connectivity index (χ2n) is 3.79. The van der Waals surface area contributed by atoms with Gasteiger partial charge in [0.05, 0.1) is 12.5 Å². The van der Waals surface area contributed by atoms with Crippen molar-refractivity contribution in [1.82, 2.24) is 5.32 Å². The summed E-state index contributed by atoms with van der Waals surface area (Å²) < 4.78 is 5.04. The second-order valence-corrected chi connectivity index (χ2v) is 3.79. The minimum absolute atomic E-state index is 0.412. The first-order valence-corrected chi connectivity index (χ1v) is 5.60. The molecular formula is C12H21NO. The molecule has 1 atom stereocenters. The van der Waals surface area contributed by atoms with Crippen LogP contribution in [0.15, 0.2) is 23.0 Å². The molecule has 0 aliphatic rings. The summed E-state index contributed by atoms with van der Waals surface area (Å²) in [6.45, 7) is 5.51. The van der Waals surface area contributed by atoms with Gasteiger partial charge in [-0.3, -0.25) is 0 Å². The molecule has 80 valence electrons. The highest BCUT2D eigenvalue weighted by atomic mass is 16.3. The molecule has 0 saturated carbocycles. The Kier molecular flexibility index (Phi) is 5.38. The number of unbranched alkanes of at least 4 members (excludes halogenated alkanes) is 3. The van der Waals surface area contributed by atoms with Crippen molar-refractivity contribution in [2.75, 3.05) is 6.54 Å². The molecule has 1 rings (SSSR count). The van der Waals surface area contributed by atoms with Gasteiger partial charge in [-0.2, -0.15) is 0 Å². The molecule has 1 unspecified atom stereocenters. The van der Waals surface area contributed by atoms with Gasteiger partial charge in [0.25, 0.3) is 0 Å². The minimum atomic E-state index is 0.412. The Hall–Kier alpha value is -0.760. The van der Waals surface area contributed by atoms with E-state index in [2.05, 4.69) is 19.2 Å². The first kappa shape index (κ1) is 11.3. The van der Waals surface area contributed by atoms with E-state index >= 15 is 0 Å². The molecule has 0 bridgehead atoms. The Labute approximate surface area is 86.7 Å². The van der Waals surface area contributed by atoms with Crippen LogP contribution in [0.25, 0.3) is 0 Å². The molecule has 0 amide bonds. The summed E-state index contributed by atoms with van der Waals surface area (Å²) in [5.74, 6) is 0. The molecule has 1 aromatic rings. The van der Waals surface area contributed by atoms with E-state index < -0.39 is 0 Å². The van der Waals surface area contributed by atoms with Crippen molar-refractivity contribution < 1.29 is 4.42 Å². The minimum Gasteiger partial charge on any atom is -0.472 e. The third-order valence-electron chi connectivity index (χ3n) is 2.52. The molecule has 2 nitrogen and oxygen atoms in total. The quantitative estimate of drug-likeness (QED) is 0.673. The highest BCUT2D eigenvalue weighted by molar-refractivity contribution is 5.09. The molecular weight excluding hydrogens is 174 g/mol. The Morgan fingerprint density at radius 1 is 1.36 bits per heavy atom. The van der Waals surface area contributed by atoms with Crippen LogP contribution in [0.5, 0.6) is 0 Å². The lowest BCUT2D eigenvalue weighted by molar-refractivity contribution is 0.521. The normalized spacial score (nSPS) is 13.0. The third kappa shape index (κ3) is 3.97. The van der Waals surface area contributed by atoms with Crippen molar-refractivity contribution in [3.05, 3.63) is 24.2 Å². The summed E-state index contributed by atoms with van der Waals surface area (Å²) in [7, 11) is 0. The highest BCUT2D eigenvalue weighted by Gasteiger charge is 2.04. The summed E-state index contributed by atoms with van der Waals surface area (Å²) in [5, 5.41) is 3.48. The molecule has 0 fully saturated rings. The highest BCUT2D eigenvalue weighted by Crippen LogP contribution is 2.12. The maximum absolute atomic E-state index is 5.04. The van der Waals surface area contributed by atoms with Gasteiger partial charge >= 0.3 is 0 Å². The maximum atomic E-state index is 5.04. The number of hydrogen-bond donors (Lipinski definition) is 1. The molecule has 0 aromatic carbocycles. The zero-order chi connectivity index (χ0) is 10.2. The number of nitrogens with one attached hydrogen (secondary N) is 1. The van der Waals surface area contributed by atoms with Crippen LogP contribution in [0.1, 0.15) is 51.1 Å². The van der Waals surface area contributed by atoms with Gasteiger partial charge in [-0.15, -0.1) is 0 Å². The van der Waals surface area contributed by atoms with E-state index in [-0.39, 0.29) is 0 Å². The van der Waals surface area contributed by atoms with Gasteiger partial charge in [-0.25, -0.2) is 0 Å². The second kappa shape index (κ2) is 6.66.